The summed E-state index contributed by atoms with van der Waals surface area (Å²) < 4.78 is 16.7. The van der Waals surface area contributed by atoms with E-state index in [0.717, 1.165) is 22.9 Å². The molecule has 7 heteroatoms. The molecule has 3 heterocycles. The minimum atomic E-state index is -0.460. The summed E-state index contributed by atoms with van der Waals surface area (Å²) in [6, 6.07) is 13.1. The predicted molar refractivity (Wildman–Crippen MR) is 120 cm³/mol. The molecule has 0 saturated carbocycles. The Morgan fingerprint density at radius 2 is 1.91 bits per heavy atom. The third-order valence-electron chi connectivity index (χ3n) is 5.72. The van der Waals surface area contributed by atoms with Crippen molar-refractivity contribution in [3.05, 3.63) is 65.5 Å². The molecule has 5 rings (SSSR count). The summed E-state index contributed by atoms with van der Waals surface area (Å²) in [5, 5.41) is 1.04. The molecule has 0 bridgehead atoms. The summed E-state index contributed by atoms with van der Waals surface area (Å²) >= 11 is 0. The van der Waals surface area contributed by atoms with Crippen molar-refractivity contribution in [2.75, 3.05) is 26.4 Å². The van der Waals surface area contributed by atoms with Gasteiger partial charge in [0.2, 0.25) is 0 Å². The number of rotatable bonds is 3. The molecule has 2 aliphatic rings. The Bertz CT molecular complexity index is 1230. The van der Waals surface area contributed by atoms with E-state index in [1.807, 2.05) is 24.3 Å². The molecule has 32 heavy (non-hydrogen) atoms. The van der Waals surface area contributed by atoms with Gasteiger partial charge in [-0.2, -0.15) is 0 Å². The SMILES string of the molecule is CCOC(=O)C1=CN(C(=O)c2ccc3c(c2)OCCCO3)CCc2c1[nH]c1ccccc21. The molecule has 164 valence electrons. The topological polar surface area (TPSA) is 80.9 Å². The van der Waals surface area contributed by atoms with E-state index in [4.69, 9.17) is 14.2 Å². The van der Waals surface area contributed by atoms with Crippen molar-refractivity contribution in [1.29, 1.82) is 0 Å². The molecule has 0 atom stereocenters. The molecule has 1 N–H and O–H groups in total. The van der Waals surface area contributed by atoms with Crippen LogP contribution in [0.25, 0.3) is 16.5 Å². The highest BCUT2D eigenvalue weighted by molar-refractivity contribution is 6.18. The first kappa shape index (κ1) is 20.2. The van der Waals surface area contributed by atoms with E-state index in [9.17, 15) is 9.59 Å². The summed E-state index contributed by atoms with van der Waals surface area (Å²) in [5.74, 6) is 0.531. The number of esters is 1. The van der Waals surface area contributed by atoms with Crippen molar-refractivity contribution in [2.24, 2.45) is 0 Å². The van der Waals surface area contributed by atoms with Crippen LogP contribution in [-0.2, 0) is 16.0 Å². The van der Waals surface area contributed by atoms with Crippen LogP contribution >= 0.6 is 0 Å². The quantitative estimate of drug-likeness (QED) is 0.635. The van der Waals surface area contributed by atoms with Crippen molar-refractivity contribution < 1.29 is 23.8 Å². The highest BCUT2D eigenvalue weighted by Crippen LogP contribution is 2.33. The van der Waals surface area contributed by atoms with Crippen LogP contribution in [0, 0.1) is 0 Å². The van der Waals surface area contributed by atoms with Crippen molar-refractivity contribution in [1.82, 2.24) is 9.88 Å². The number of hydrogen-bond acceptors (Lipinski definition) is 5. The maximum Gasteiger partial charge on any atom is 0.341 e. The third-order valence-corrected chi connectivity index (χ3v) is 5.72. The summed E-state index contributed by atoms with van der Waals surface area (Å²) in [6.07, 6.45) is 3.00. The molecule has 0 aliphatic carbocycles. The Kier molecular flexibility index (Phi) is 5.31. The maximum absolute atomic E-state index is 13.4. The lowest BCUT2D eigenvalue weighted by molar-refractivity contribution is -0.136. The van der Waals surface area contributed by atoms with Gasteiger partial charge in [-0.05, 0) is 43.2 Å². The lowest BCUT2D eigenvalue weighted by Gasteiger charge is -2.18. The molecule has 0 unspecified atom stereocenters. The number of hydrogen-bond donors (Lipinski definition) is 1. The van der Waals surface area contributed by atoms with Crippen molar-refractivity contribution in [2.45, 2.75) is 19.8 Å². The number of amides is 1. The number of aromatic nitrogens is 1. The van der Waals surface area contributed by atoms with Crippen LogP contribution in [0.1, 0.15) is 35.0 Å². The van der Waals surface area contributed by atoms with Crippen LogP contribution in [-0.4, -0.2) is 48.1 Å². The first-order valence-electron chi connectivity index (χ1n) is 10.8. The molecular weight excluding hydrogens is 408 g/mol. The zero-order valence-electron chi connectivity index (χ0n) is 17.8. The fourth-order valence-electron chi connectivity index (χ4n) is 4.19. The van der Waals surface area contributed by atoms with Gasteiger partial charge in [-0.3, -0.25) is 4.79 Å². The molecule has 2 aromatic carbocycles. The van der Waals surface area contributed by atoms with Gasteiger partial charge < -0.3 is 24.1 Å². The van der Waals surface area contributed by atoms with E-state index in [1.54, 1.807) is 36.2 Å². The lowest BCUT2D eigenvalue weighted by atomic mass is 10.0. The van der Waals surface area contributed by atoms with Gasteiger partial charge in [0.05, 0.1) is 31.1 Å². The van der Waals surface area contributed by atoms with E-state index in [2.05, 4.69) is 4.98 Å². The Labute approximate surface area is 185 Å². The number of carbonyl (C=O) groups excluding carboxylic acids is 2. The van der Waals surface area contributed by atoms with Gasteiger partial charge in [0.25, 0.3) is 5.91 Å². The molecule has 1 amide bonds. The average Bonchev–Trinajstić information content (AvgIpc) is 2.95. The monoisotopic (exact) mass is 432 g/mol. The highest BCUT2D eigenvalue weighted by atomic mass is 16.5. The van der Waals surface area contributed by atoms with Crippen LogP contribution in [0.15, 0.2) is 48.7 Å². The van der Waals surface area contributed by atoms with E-state index >= 15 is 0 Å². The summed E-state index contributed by atoms with van der Waals surface area (Å²) in [6.45, 7) is 3.58. The van der Waals surface area contributed by atoms with Gasteiger partial charge >= 0.3 is 5.97 Å². The van der Waals surface area contributed by atoms with Crippen molar-refractivity contribution in [3.63, 3.8) is 0 Å². The number of para-hydroxylation sites is 1. The molecule has 3 aromatic rings. The smallest absolute Gasteiger partial charge is 0.341 e. The largest absolute Gasteiger partial charge is 0.490 e. The second kappa shape index (κ2) is 8.42. The van der Waals surface area contributed by atoms with E-state index in [0.29, 0.717) is 54.5 Å². The van der Waals surface area contributed by atoms with E-state index in [1.165, 1.54) is 0 Å². The number of H-pyrrole nitrogens is 1. The van der Waals surface area contributed by atoms with Crippen LogP contribution in [0.2, 0.25) is 0 Å². The minimum absolute atomic E-state index is 0.211. The average molecular weight is 432 g/mol. The molecule has 2 aliphatic heterocycles. The molecule has 7 nitrogen and oxygen atoms in total. The molecule has 1 aromatic heterocycles. The summed E-state index contributed by atoms with van der Waals surface area (Å²) in [4.78, 5) is 31.2. The van der Waals surface area contributed by atoms with Crippen LogP contribution in [0.3, 0.4) is 0 Å². The fraction of sp³-hybridized carbons (Fsp3) is 0.280. The van der Waals surface area contributed by atoms with E-state index in [-0.39, 0.29) is 12.5 Å². The number of nitrogens with zero attached hydrogens (tertiary/aromatic N) is 1. The zero-order valence-corrected chi connectivity index (χ0v) is 17.8. The molecule has 0 spiro atoms. The van der Waals surface area contributed by atoms with Crippen LogP contribution in [0.4, 0.5) is 0 Å². The Morgan fingerprint density at radius 1 is 1.09 bits per heavy atom. The number of aromatic amines is 1. The van der Waals surface area contributed by atoms with Crippen LogP contribution in [0.5, 0.6) is 11.5 Å². The van der Waals surface area contributed by atoms with Crippen molar-refractivity contribution >= 4 is 28.4 Å². The Balaban J connectivity index is 1.53. The standard InChI is InChI=1S/C25H24N2O5/c1-2-30-25(29)19-15-27(11-10-18-17-6-3-4-7-20(17)26-23(18)19)24(28)16-8-9-21-22(14-16)32-13-5-12-31-21/h3-4,6-9,14-15,26H,2,5,10-13H2,1H3. The maximum atomic E-state index is 13.4. The Hall–Kier alpha value is -3.74. The van der Waals surface area contributed by atoms with Gasteiger partial charge in [0, 0.05) is 35.6 Å². The Morgan fingerprint density at radius 3 is 2.75 bits per heavy atom. The van der Waals surface area contributed by atoms with Gasteiger partial charge in [-0.15, -0.1) is 0 Å². The molecule has 0 fully saturated rings. The number of carbonyl (C=O) groups is 2. The van der Waals surface area contributed by atoms with E-state index < -0.39 is 5.97 Å². The van der Waals surface area contributed by atoms with Crippen LogP contribution < -0.4 is 9.47 Å². The number of nitrogens with one attached hydrogen (secondary N) is 1. The van der Waals surface area contributed by atoms with Gasteiger partial charge in [-0.25, -0.2) is 4.79 Å². The fourth-order valence-corrected chi connectivity index (χ4v) is 4.19. The molecular formula is C25H24N2O5. The summed E-state index contributed by atoms with van der Waals surface area (Å²) in [7, 11) is 0. The first-order chi connectivity index (χ1) is 15.7. The van der Waals surface area contributed by atoms with Gasteiger partial charge in [0.15, 0.2) is 11.5 Å². The second-order valence-electron chi connectivity index (χ2n) is 7.75. The molecule has 0 saturated heterocycles. The predicted octanol–water partition coefficient (Wildman–Crippen LogP) is 3.93. The number of ether oxygens (including phenoxy) is 3. The third kappa shape index (κ3) is 3.60. The molecule has 0 radical (unpaired) electrons. The van der Waals surface area contributed by atoms with Crippen molar-refractivity contribution in [3.8, 4) is 11.5 Å². The first-order valence-corrected chi connectivity index (χ1v) is 10.8. The highest BCUT2D eigenvalue weighted by Gasteiger charge is 2.28. The zero-order chi connectivity index (χ0) is 22.1. The minimum Gasteiger partial charge on any atom is -0.490 e. The number of benzene rings is 2. The van der Waals surface area contributed by atoms with Gasteiger partial charge in [-0.1, -0.05) is 18.2 Å². The lowest BCUT2D eigenvalue weighted by Crippen LogP contribution is -2.28. The number of fused-ring (bicyclic) bond motifs is 4. The summed E-state index contributed by atoms with van der Waals surface area (Å²) in [5.41, 5.74) is 3.49. The normalized spacial score (nSPS) is 15.4. The second-order valence-corrected chi connectivity index (χ2v) is 7.75. The van der Waals surface area contributed by atoms with Gasteiger partial charge in [0.1, 0.15) is 0 Å².